The maximum atomic E-state index is 12.4. The van der Waals surface area contributed by atoms with Crippen LogP contribution in [-0.2, 0) is 0 Å². The minimum absolute atomic E-state index is 0.0144. The van der Waals surface area contributed by atoms with Crippen molar-refractivity contribution in [2.24, 2.45) is 0 Å². The number of hydrogen-bond donors (Lipinski definition) is 3. The SMILES string of the molecule is CC1CC(NC(=O)Nc2ccccc2)N(c2ccccc2)C(=O)N1. The molecule has 6 heteroatoms. The molecule has 0 bridgehead atoms. The number of anilines is 2. The van der Waals surface area contributed by atoms with Gasteiger partial charge in [0.1, 0.15) is 6.17 Å². The van der Waals surface area contributed by atoms with E-state index in [2.05, 4.69) is 16.0 Å². The summed E-state index contributed by atoms with van der Waals surface area (Å²) in [4.78, 5) is 26.3. The summed E-state index contributed by atoms with van der Waals surface area (Å²) in [5.41, 5.74) is 1.45. The highest BCUT2D eigenvalue weighted by Crippen LogP contribution is 2.21. The van der Waals surface area contributed by atoms with E-state index < -0.39 is 6.17 Å². The Morgan fingerprint density at radius 2 is 1.71 bits per heavy atom. The molecule has 1 aliphatic rings. The van der Waals surface area contributed by atoms with Gasteiger partial charge in [0.2, 0.25) is 0 Å². The van der Waals surface area contributed by atoms with E-state index >= 15 is 0 Å². The first-order valence-electron chi connectivity index (χ1n) is 7.91. The molecule has 2 aromatic carbocycles. The number of rotatable bonds is 3. The number of carbonyl (C=O) groups is 2. The van der Waals surface area contributed by atoms with Crippen molar-refractivity contribution < 1.29 is 9.59 Å². The zero-order valence-corrected chi connectivity index (χ0v) is 13.4. The van der Waals surface area contributed by atoms with Crippen molar-refractivity contribution in [2.45, 2.75) is 25.6 Å². The van der Waals surface area contributed by atoms with Gasteiger partial charge < -0.3 is 16.0 Å². The molecule has 124 valence electrons. The molecule has 0 aromatic heterocycles. The van der Waals surface area contributed by atoms with Gasteiger partial charge in [0, 0.05) is 23.8 Å². The maximum absolute atomic E-state index is 12.4. The Hall–Kier alpha value is -3.02. The third-order valence-electron chi connectivity index (χ3n) is 3.84. The molecular formula is C18H20N4O2. The van der Waals surface area contributed by atoms with Crippen LogP contribution in [0.25, 0.3) is 0 Å². The molecule has 3 rings (SSSR count). The predicted octanol–water partition coefficient (Wildman–Crippen LogP) is 3.14. The molecule has 2 aromatic rings. The second kappa shape index (κ2) is 7.04. The van der Waals surface area contributed by atoms with E-state index in [1.54, 1.807) is 4.90 Å². The molecule has 1 aliphatic heterocycles. The maximum Gasteiger partial charge on any atom is 0.323 e. The van der Waals surface area contributed by atoms with E-state index in [9.17, 15) is 9.59 Å². The number of carbonyl (C=O) groups excluding carboxylic acids is 2. The Morgan fingerprint density at radius 3 is 2.38 bits per heavy atom. The minimum Gasteiger partial charge on any atom is -0.335 e. The molecule has 6 nitrogen and oxygen atoms in total. The van der Waals surface area contributed by atoms with E-state index in [1.807, 2.05) is 67.6 Å². The lowest BCUT2D eigenvalue weighted by Gasteiger charge is -2.39. The van der Waals surface area contributed by atoms with E-state index in [1.165, 1.54) is 0 Å². The van der Waals surface area contributed by atoms with Gasteiger partial charge in [-0.2, -0.15) is 0 Å². The molecule has 1 saturated heterocycles. The summed E-state index contributed by atoms with van der Waals surface area (Å²) in [5, 5.41) is 8.57. The fraction of sp³-hybridized carbons (Fsp3) is 0.222. The monoisotopic (exact) mass is 324 g/mol. The third kappa shape index (κ3) is 3.65. The standard InChI is InChI=1S/C18H20N4O2/c1-13-12-16(21-17(23)20-14-8-4-2-5-9-14)22(18(24)19-13)15-10-6-3-7-11-15/h2-11,13,16H,12H2,1H3,(H,19,24)(H2,20,21,23). The van der Waals surface area contributed by atoms with Gasteiger partial charge in [-0.15, -0.1) is 0 Å². The number of nitrogens with zero attached hydrogens (tertiary/aromatic N) is 1. The smallest absolute Gasteiger partial charge is 0.323 e. The molecular weight excluding hydrogens is 304 g/mol. The van der Waals surface area contributed by atoms with Crippen molar-refractivity contribution in [3.05, 3.63) is 60.7 Å². The molecule has 0 aliphatic carbocycles. The second-order valence-corrected chi connectivity index (χ2v) is 5.77. The van der Waals surface area contributed by atoms with Gasteiger partial charge >= 0.3 is 12.1 Å². The summed E-state index contributed by atoms with van der Waals surface area (Å²) in [6, 6.07) is 17.9. The zero-order valence-electron chi connectivity index (χ0n) is 13.4. The van der Waals surface area contributed by atoms with E-state index in [0.717, 1.165) is 5.69 Å². The van der Waals surface area contributed by atoms with Crippen molar-refractivity contribution in [1.82, 2.24) is 10.6 Å². The van der Waals surface area contributed by atoms with Crippen molar-refractivity contribution in [3.63, 3.8) is 0 Å². The molecule has 0 radical (unpaired) electrons. The normalized spacial score (nSPS) is 20.2. The number of nitrogens with one attached hydrogen (secondary N) is 3. The first kappa shape index (κ1) is 15.9. The fourth-order valence-electron chi connectivity index (χ4n) is 2.77. The molecule has 0 saturated carbocycles. The molecule has 1 fully saturated rings. The van der Waals surface area contributed by atoms with Crippen LogP contribution in [0.2, 0.25) is 0 Å². The highest BCUT2D eigenvalue weighted by molar-refractivity contribution is 5.95. The predicted molar refractivity (Wildman–Crippen MR) is 93.9 cm³/mol. The van der Waals surface area contributed by atoms with Crippen LogP contribution < -0.4 is 20.9 Å². The molecule has 24 heavy (non-hydrogen) atoms. The first-order chi connectivity index (χ1) is 11.6. The topological polar surface area (TPSA) is 73.5 Å². The average Bonchev–Trinajstić information content (AvgIpc) is 2.56. The van der Waals surface area contributed by atoms with E-state index in [4.69, 9.17) is 0 Å². The Kier molecular flexibility index (Phi) is 4.65. The minimum atomic E-state index is -0.417. The van der Waals surface area contributed by atoms with Gasteiger partial charge in [0.15, 0.2) is 0 Å². The molecule has 4 amide bonds. The highest BCUT2D eigenvalue weighted by atomic mass is 16.2. The molecule has 2 atom stereocenters. The number of urea groups is 2. The number of benzene rings is 2. The molecule has 1 heterocycles. The van der Waals surface area contributed by atoms with E-state index in [-0.39, 0.29) is 18.1 Å². The van der Waals surface area contributed by atoms with Gasteiger partial charge in [-0.1, -0.05) is 36.4 Å². The summed E-state index contributed by atoms with van der Waals surface area (Å²) >= 11 is 0. The Bertz CT molecular complexity index is 705. The highest BCUT2D eigenvalue weighted by Gasteiger charge is 2.33. The van der Waals surface area contributed by atoms with Crippen LogP contribution in [0.15, 0.2) is 60.7 Å². The summed E-state index contributed by atoms with van der Waals surface area (Å²) in [6.07, 6.45) is 0.197. The van der Waals surface area contributed by atoms with Crippen molar-refractivity contribution in [1.29, 1.82) is 0 Å². The van der Waals surface area contributed by atoms with Crippen LogP contribution in [0.5, 0.6) is 0 Å². The summed E-state index contributed by atoms with van der Waals surface area (Å²) in [7, 11) is 0. The van der Waals surface area contributed by atoms with Crippen molar-refractivity contribution in [3.8, 4) is 0 Å². The van der Waals surface area contributed by atoms with Gasteiger partial charge in [0.25, 0.3) is 0 Å². The summed E-state index contributed by atoms with van der Waals surface area (Å²) in [6.45, 7) is 1.92. The quantitative estimate of drug-likeness (QED) is 0.811. The number of hydrogen-bond acceptors (Lipinski definition) is 2. The number of para-hydroxylation sites is 2. The summed E-state index contributed by atoms with van der Waals surface area (Å²) < 4.78 is 0. The Morgan fingerprint density at radius 1 is 1.08 bits per heavy atom. The van der Waals surface area contributed by atoms with Crippen molar-refractivity contribution >= 4 is 23.4 Å². The van der Waals surface area contributed by atoms with Crippen LogP contribution >= 0.6 is 0 Å². The average molecular weight is 324 g/mol. The lowest BCUT2D eigenvalue weighted by molar-refractivity contribution is 0.223. The first-order valence-corrected chi connectivity index (χ1v) is 7.91. The van der Waals surface area contributed by atoms with Gasteiger partial charge in [-0.25, -0.2) is 9.59 Å². The Labute approximate surface area is 140 Å². The molecule has 3 N–H and O–H groups in total. The van der Waals surface area contributed by atoms with Gasteiger partial charge in [0.05, 0.1) is 0 Å². The van der Waals surface area contributed by atoms with Crippen molar-refractivity contribution in [2.75, 3.05) is 10.2 Å². The van der Waals surface area contributed by atoms with Crippen LogP contribution in [0.3, 0.4) is 0 Å². The van der Waals surface area contributed by atoms with Crippen LogP contribution in [-0.4, -0.2) is 24.3 Å². The molecule has 0 spiro atoms. The number of amides is 4. The third-order valence-corrected chi connectivity index (χ3v) is 3.84. The fourth-order valence-corrected chi connectivity index (χ4v) is 2.77. The van der Waals surface area contributed by atoms with Crippen LogP contribution in [0.4, 0.5) is 21.0 Å². The van der Waals surface area contributed by atoms with E-state index in [0.29, 0.717) is 12.1 Å². The largest absolute Gasteiger partial charge is 0.335 e. The zero-order chi connectivity index (χ0) is 16.9. The second-order valence-electron chi connectivity index (χ2n) is 5.77. The van der Waals surface area contributed by atoms with Crippen LogP contribution in [0, 0.1) is 0 Å². The Balaban J connectivity index is 1.75. The summed E-state index contributed by atoms with van der Waals surface area (Å²) in [5.74, 6) is 0. The van der Waals surface area contributed by atoms with Gasteiger partial charge in [-0.3, -0.25) is 4.90 Å². The lowest BCUT2D eigenvalue weighted by atomic mass is 10.1. The van der Waals surface area contributed by atoms with Crippen LogP contribution in [0.1, 0.15) is 13.3 Å². The van der Waals surface area contributed by atoms with Gasteiger partial charge in [-0.05, 0) is 31.2 Å². The lowest BCUT2D eigenvalue weighted by Crippen LogP contribution is -2.62. The molecule has 2 unspecified atom stereocenters.